The minimum absolute atomic E-state index is 0.194. The summed E-state index contributed by atoms with van der Waals surface area (Å²) in [6, 6.07) is 15.9. The highest BCUT2D eigenvalue weighted by Crippen LogP contribution is 2.46. The van der Waals surface area contributed by atoms with Crippen molar-refractivity contribution in [1.29, 1.82) is 0 Å². The molecular formula is C24H22N2O4S. The lowest BCUT2D eigenvalue weighted by molar-refractivity contribution is -0.105. The summed E-state index contributed by atoms with van der Waals surface area (Å²) in [4.78, 5) is 25.7. The Hall–Kier alpha value is -3.32. The summed E-state index contributed by atoms with van der Waals surface area (Å²) in [5.41, 5.74) is 1.65. The Labute approximate surface area is 184 Å². The van der Waals surface area contributed by atoms with Gasteiger partial charge in [0.2, 0.25) is 0 Å². The van der Waals surface area contributed by atoms with E-state index in [1.807, 2.05) is 23.6 Å². The van der Waals surface area contributed by atoms with Gasteiger partial charge in [0.05, 0.1) is 4.88 Å². The molecule has 2 amide bonds. The maximum Gasteiger partial charge on any atom is 0.265 e. The van der Waals surface area contributed by atoms with Crippen molar-refractivity contribution in [1.82, 2.24) is 0 Å². The van der Waals surface area contributed by atoms with Crippen molar-refractivity contribution in [3.63, 3.8) is 0 Å². The largest absolute Gasteiger partial charge is 0.448 e. The first-order chi connectivity index (χ1) is 15.1. The SMILES string of the molecule is O=C(Nc1ccc2c(c1)OC1(CCCCC1)O2)c1cccc(NC(=O)c2cccs2)c1. The van der Waals surface area contributed by atoms with Crippen molar-refractivity contribution in [2.75, 3.05) is 10.6 Å². The smallest absolute Gasteiger partial charge is 0.265 e. The Balaban J connectivity index is 1.27. The normalized spacial score (nSPS) is 16.1. The molecule has 0 radical (unpaired) electrons. The van der Waals surface area contributed by atoms with E-state index in [9.17, 15) is 9.59 Å². The second-order valence-corrected chi connectivity index (χ2v) is 8.75. The van der Waals surface area contributed by atoms with Gasteiger partial charge in [0.1, 0.15) is 0 Å². The minimum atomic E-state index is -0.543. The summed E-state index contributed by atoms with van der Waals surface area (Å²) in [5.74, 6) is 0.381. The van der Waals surface area contributed by atoms with E-state index in [0.29, 0.717) is 27.6 Å². The molecule has 1 saturated carbocycles. The Morgan fingerprint density at radius 1 is 0.806 bits per heavy atom. The van der Waals surface area contributed by atoms with Crippen molar-refractivity contribution in [3.8, 4) is 11.5 Å². The number of nitrogens with one attached hydrogen (secondary N) is 2. The molecule has 31 heavy (non-hydrogen) atoms. The fourth-order valence-corrected chi connectivity index (χ4v) is 4.63. The second-order valence-electron chi connectivity index (χ2n) is 7.80. The number of thiophene rings is 1. The molecule has 1 fully saturated rings. The van der Waals surface area contributed by atoms with Crippen molar-refractivity contribution >= 4 is 34.5 Å². The molecule has 7 heteroatoms. The highest BCUT2D eigenvalue weighted by molar-refractivity contribution is 7.12. The third kappa shape index (κ3) is 4.14. The highest BCUT2D eigenvalue weighted by Gasteiger charge is 2.42. The number of fused-ring (bicyclic) bond motifs is 1. The number of benzene rings is 2. The number of hydrogen-bond donors (Lipinski definition) is 2. The van der Waals surface area contributed by atoms with E-state index in [4.69, 9.17) is 9.47 Å². The van der Waals surface area contributed by atoms with Gasteiger partial charge in [-0.1, -0.05) is 18.6 Å². The first kappa shape index (κ1) is 19.6. The summed E-state index contributed by atoms with van der Waals surface area (Å²) < 4.78 is 12.2. The topological polar surface area (TPSA) is 76.7 Å². The Morgan fingerprint density at radius 2 is 1.58 bits per heavy atom. The molecule has 2 heterocycles. The van der Waals surface area contributed by atoms with E-state index >= 15 is 0 Å². The second kappa shape index (κ2) is 8.07. The van der Waals surface area contributed by atoms with Crippen molar-refractivity contribution in [2.24, 2.45) is 0 Å². The number of amides is 2. The van der Waals surface area contributed by atoms with Crippen LogP contribution >= 0.6 is 11.3 Å². The van der Waals surface area contributed by atoms with Crippen LogP contribution in [-0.2, 0) is 0 Å². The van der Waals surface area contributed by atoms with Crippen molar-refractivity contribution < 1.29 is 19.1 Å². The van der Waals surface area contributed by atoms with Gasteiger partial charge in [-0.3, -0.25) is 9.59 Å². The van der Waals surface area contributed by atoms with E-state index in [1.165, 1.54) is 17.8 Å². The summed E-state index contributed by atoms with van der Waals surface area (Å²) in [5, 5.41) is 7.57. The number of anilines is 2. The molecule has 5 rings (SSSR count). The fourth-order valence-electron chi connectivity index (χ4n) is 4.01. The van der Waals surface area contributed by atoms with Crippen LogP contribution in [0.2, 0.25) is 0 Å². The van der Waals surface area contributed by atoms with Gasteiger partial charge in [0.25, 0.3) is 17.6 Å². The predicted molar refractivity (Wildman–Crippen MR) is 120 cm³/mol. The summed E-state index contributed by atoms with van der Waals surface area (Å²) in [7, 11) is 0. The zero-order valence-corrected chi connectivity index (χ0v) is 17.7. The molecule has 1 aliphatic carbocycles. The van der Waals surface area contributed by atoms with E-state index in [2.05, 4.69) is 10.6 Å². The van der Waals surface area contributed by atoms with E-state index in [-0.39, 0.29) is 11.8 Å². The minimum Gasteiger partial charge on any atom is -0.448 e. The number of ether oxygens (including phenoxy) is 2. The molecular weight excluding hydrogens is 412 g/mol. The molecule has 0 saturated heterocycles. The van der Waals surface area contributed by atoms with E-state index in [1.54, 1.807) is 36.4 Å². The Morgan fingerprint density at radius 3 is 2.39 bits per heavy atom. The molecule has 2 aliphatic rings. The van der Waals surface area contributed by atoms with Crippen LogP contribution in [0.15, 0.2) is 60.0 Å². The van der Waals surface area contributed by atoms with Crippen molar-refractivity contribution in [2.45, 2.75) is 37.9 Å². The third-order valence-electron chi connectivity index (χ3n) is 5.54. The van der Waals surface area contributed by atoms with Crippen LogP contribution in [0.5, 0.6) is 11.5 Å². The quantitative estimate of drug-likeness (QED) is 0.553. The lowest BCUT2D eigenvalue weighted by Crippen LogP contribution is -2.40. The molecule has 158 valence electrons. The van der Waals surface area contributed by atoms with Crippen LogP contribution in [0, 0.1) is 0 Å². The predicted octanol–water partition coefficient (Wildman–Crippen LogP) is 5.68. The molecule has 1 aromatic heterocycles. The van der Waals surface area contributed by atoms with Gasteiger partial charge in [0.15, 0.2) is 11.5 Å². The van der Waals surface area contributed by atoms with E-state index < -0.39 is 5.79 Å². The monoisotopic (exact) mass is 434 g/mol. The van der Waals surface area contributed by atoms with Gasteiger partial charge in [-0.25, -0.2) is 0 Å². The fraction of sp³-hybridized carbons (Fsp3) is 0.250. The molecule has 2 N–H and O–H groups in total. The number of hydrogen-bond acceptors (Lipinski definition) is 5. The Kier molecular flexibility index (Phi) is 5.11. The van der Waals surface area contributed by atoms with Crippen LogP contribution < -0.4 is 20.1 Å². The number of carbonyl (C=O) groups excluding carboxylic acids is 2. The average molecular weight is 435 g/mol. The van der Waals surface area contributed by atoms with Crippen molar-refractivity contribution in [3.05, 3.63) is 70.4 Å². The molecule has 2 aromatic carbocycles. The zero-order valence-electron chi connectivity index (χ0n) is 16.9. The van der Waals surface area contributed by atoms with Crippen LogP contribution in [0.1, 0.15) is 52.1 Å². The molecule has 0 bridgehead atoms. The standard InChI is InChI=1S/C24H22N2O4S/c27-22(16-6-4-7-17(14-16)26-23(28)21-8-5-13-31-21)25-18-9-10-19-20(15-18)30-24(29-19)11-2-1-3-12-24/h4-10,13-15H,1-3,11-12H2,(H,25,27)(H,26,28). The van der Waals surface area contributed by atoms with E-state index in [0.717, 1.165) is 31.4 Å². The lowest BCUT2D eigenvalue weighted by atomic mass is 9.94. The van der Waals surface area contributed by atoms with Crippen LogP contribution in [0.4, 0.5) is 11.4 Å². The molecule has 3 aromatic rings. The molecule has 6 nitrogen and oxygen atoms in total. The third-order valence-corrected chi connectivity index (χ3v) is 6.41. The molecule has 0 unspecified atom stereocenters. The van der Waals surface area contributed by atoms with Gasteiger partial charge < -0.3 is 20.1 Å². The van der Waals surface area contributed by atoms with Crippen LogP contribution in [0.25, 0.3) is 0 Å². The zero-order chi connectivity index (χ0) is 21.3. The summed E-state index contributed by atoms with van der Waals surface area (Å²) in [6.07, 6.45) is 5.16. The summed E-state index contributed by atoms with van der Waals surface area (Å²) in [6.45, 7) is 0. The first-order valence-electron chi connectivity index (χ1n) is 10.4. The molecule has 1 aliphatic heterocycles. The highest BCUT2D eigenvalue weighted by atomic mass is 32.1. The van der Waals surface area contributed by atoms with Gasteiger partial charge in [-0.15, -0.1) is 11.3 Å². The average Bonchev–Trinajstić information content (AvgIpc) is 3.42. The lowest BCUT2D eigenvalue weighted by Gasteiger charge is -2.31. The van der Waals surface area contributed by atoms with Gasteiger partial charge in [-0.05, 0) is 54.6 Å². The summed E-state index contributed by atoms with van der Waals surface area (Å²) >= 11 is 1.37. The van der Waals surface area contributed by atoms with Crippen LogP contribution in [0.3, 0.4) is 0 Å². The van der Waals surface area contributed by atoms with Gasteiger partial charge >= 0.3 is 0 Å². The number of rotatable bonds is 4. The Bertz CT molecular complexity index is 1120. The van der Waals surface area contributed by atoms with Gasteiger partial charge in [0, 0.05) is 35.8 Å². The maximum atomic E-state index is 12.8. The van der Waals surface area contributed by atoms with Crippen LogP contribution in [-0.4, -0.2) is 17.6 Å². The molecule has 1 spiro atoms. The maximum absolute atomic E-state index is 12.8. The van der Waals surface area contributed by atoms with Gasteiger partial charge in [-0.2, -0.15) is 0 Å². The first-order valence-corrected chi connectivity index (χ1v) is 11.3. The number of carbonyl (C=O) groups is 2. The molecule has 0 atom stereocenters.